The number of aromatic nitrogens is 3. The smallest absolute Gasteiger partial charge is 0.379 e. The van der Waals surface area contributed by atoms with Crippen LogP contribution in [-0.4, -0.2) is 162 Å². The number of hydrogen-bond acceptors (Lipinski definition) is 13. The summed E-state index contributed by atoms with van der Waals surface area (Å²) in [6, 6.07) is 5.75. The van der Waals surface area contributed by atoms with Gasteiger partial charge in [0.15, 0.2) is 0 Å². The monoisotopic (exact) mass is 995 g/mol. The van der Waals surface area contributed by atoms with Gasteiger partial charge in [0.1, 0.15) is 18.2 Å². The third-order valence-electron chi connectivity index (χ3n) is 14.6. The van der Waals surface area contributed by atoms with E-state index < -0.39 is 23.7 Å². The number of fused-ring (bicyclic) bond motifs is 1. The third-order valence-corrected chi connectivity index (χ3v) is 14.6. The van der Waals surface area contributed by atoms with Crippen molar-refractivity contribution in [3.05, 3.63) is 60.2 Å². The van der Waals surface area contributed by atoms with Gasteiger partial charge in [-0.2, -0.15) is 13.2 Å². The number of benzene rings is 1. The largest absolute Gasteiger partial charge is 0.416 e. The van der Waals surface area contributed by atoms with Gasteiger partial charge in [0.25, 0.3) is 0 Å². The van der Waals surface area contributed by atoms with Crippen LogP contribution < -0.4 is 21.3 Å². The standard InChI is InChI=1S/C50H69F3N10O8/c1-31(2)61(3)36-12-14-42(63-19-15-40(49(63)68)59-46-37-26-34(50(51,52)53)9-13-39(37)56-30-57-46)41(27-36)60-47(66)32-7-10-35(11-8-32)58-43(64)16-20-69-22-24-71-25-23-70-21-18-55-48(67)38-28-44(65)62(4)45(38)33-6-5-17-54-29-33/h5-6,9,13,17,26,29-32,35-36,38,40-42,45H,7-8,10-12,14-16,18-25,27-28H2,1-4H3,(H,55,67)(H,58,64)(H,60,66)(H,56,57,59)/t32?,35?,36-,38+,40+,41-,42+,45-/m1/s1. The molecule has 18 nitrogen and oxygen atoms in total. The molecule has 388 valence electrons. The highest BCUT2D eigenvalue weighted by molar-refractivity contribution is 5.93. The van der Waals surface area contributed by atoms with Gasteiger partial charge in [-0.05, 0) is 102 Å². The van der Waals surface area contributed by atoms with Crippen molar-refractivity contribution in [3.63, 3.8) is 0 Å². The van der Waals surface area contributed by atoms with E-state index >= 15 is 0 Å². The van der Waals surface area contributed by atoms with Crippen molar-refractivity contribution in [1.82, 2.24) is 45.6 Å². The number of ether oxygens (including phenoxy) is 3. The Labute approximate surface area is 412 Å². The first-order chi connectivity index (χ1) is 34.1. The molecule has 71 heavy (non-hydrogen) atoms. The molecule has 1 aromatic carbocycles. The maximum atomic E-state index is 14.1. The molecule has 4 N–H and O–H groups in total. The molecule has 7 rings (SSSR count). The van der Waals surface area contributed by atoms with Gasteiger partial charge in [0.2, 0.25) is 29.5 Å². The number of nitrogens with zero attached hydrogens (tertiary/aromatic N) is 6. The lowest BCUT2D eigenvalue weighted by molar-refractivity contribution is -0.137. The van der Waals surface area contributed by atoms with Crippen molar-refractivity contribution in [3.8, 4) is 0 Å². The highest BCUT2D eigenvalue weighted by atomic mass is 19.4. The number of amides is 5. The first kappa shape index (κ1) is 53.3. The molecule has 3 aromatic rings. The summed E-state index contributed by atoms with van der Waals surface area (Å²) in [7, 11) is 3.78. The molecule has 6 atom stereocenters. The predicted molar refractivity (Wildman–Crippen MR) is 256 cm³/mol. The summed E-state index contributed by atoms with van der Waals surface area (Å²) < 4.78 is 57.5. The molecule has 21 heteroatoms. The zero-order chi connectivity index (χ0) is 50.7. The minimum atomic E-state index is -4.55. The van der Waals surface area contributed by atoms with Gasteiger partial charge >= 0.3 is 6.18 Å². The van der Waals surface area contributed by atoms with Crippen LogP contribution in [0.4, 0.5) is 19.0 Å². The quantitative estimate of drug-likeness (QED) is 0.104. The fourth-order valence-corrected chi connectivity index (χ4v) is 10.4. The number of anilines is 1. The van der Waals surface area contributed by atoms with Crippen LogP contribution in [0, 0.1) is 11.8 Å². The van der Waals surface area contributed by atoms with E-state index in [0.29, 0.717) is 96.6 Å². The van der Waals surface area contributed by atoms with Crippen LogP contribution in [0.2, 0.25) is 0 Å². The fraction of sp³-hybridized carbons (Fsp3) is 0.640. The van der Waals surface area contributed by atoms with Crippen LogP contribution in [0.5, 0.6) is 0 Å². The maximum Gasteiger partial charge on any atom is 0.416 e. The lowest BCUT2D eigenvalue weighted by Gasteiger charge is -2.45. The van der Waals surface area contributed by atoms with Crippen LogP contribution in [0.15, 0.2) is 49.1 Å². The van der Waals surface area contributed by atoms with E-state index in [1.54, 1.807) is 30.4 Å². The van der Waals surface area contributed by atoms with Crippen LogP contribution in [0.1, 0.15) is 95.2 Å². The van der Waals surface area contributed by atoms with E-state index in [4.69, 9.17) is 14.2 Å². The molecule has 2 aliphatic heterocycles. The minimum Gasteiger partial charge on any atom is -0.379 e. The van der Waals surface area contributed by atoms with Crippen LogP contribution in [-0.2, 0) is 44.4 Å². The summed E-state index contributed by atoms with van der Waals surface area (Å²) in [6.45, 7) is 6.82. The SMILES string of the molecule is CC(C)N(C)[C@@H]1CC[C@H](N2CC[C@H](Nc3ncnc4ccc(C(F)(F)F)cc34)C2=O)[C@H](NC(=O)C2CCC(NC(=O)CCOCCOCCOCCNC(=O)[C@H]3CC(=O)N(C)[C@@H]3c3cccnc3)CC2)C1. The lowest BCUT2D eigenvalue weighted by atomic mass is 9.82. The molecule has 0 radical (unpaired) electrons. The number of carbonyl (C=O) groups excluding carboxylic acids is 5. The zero-order valence-electron chi connectivity index (χ0n) is 41.1. The molecule has 0 bridgehead atoms. The average Bonchev–Trinajstić information content (AvgIpc) is 3.87. The summed E-state index contributed by atoms with van der Waals surface area (Å²) in [5, 5.41) is 12.6. The van der Waals surface area contributed by atoms with E-state index in [1.165, 1.54) is 12.4 Å². The number of hydrogen-bond donors (Lipinski definition) is 4. The van der Waals surface area contributed by atoms with Crippen molar-refractivity contribution in [2.75, 3.05) is 72.1 Å². The van der Waals surface area contributed by atoms with Crippen molar-refractivity contribution < 1.29 is 51.4 Å². The second-order valence-electron chi connectivity index (χ2n) is 19.4. The summed E-state index contributed by atoms with van der Waals surface area (Å²) in [6.07, 6.45) is 5.54. The normalized spacial score (nSPS) is 25.0. The van der Waals surface area contributed by atoms with Gasteiger partial charge in [-0.25, -0.2) is 9.97 Å². The van der Waals surface area contributed by atoms with Gasteiger partial charge in [-0.3, -0.25) is 29.0 Å². The molecule has 0 spiro atoms. The zero-order valence-corrected chi connectivity index (χ0v) is 41.1. The number of halogens is 3. The predicted octanol–water partition coefficient (Wildman–Crippen LogP) is 4.25. The summed E-state index contributed by atoms with van der Waals surface area (Å²) >= 11 is 0. The van der Waals surface area contributed by atoms with Crippen molar-refractivity contribution in [2.45, 2.75) is 127 Å². The van der Waals surface area contributed by atoms with E-state index in [0.717, 1.165) is 24.1 Å². The van der Waals surface area contributed by atoms with Crippen molar-refractivity contribution in [1.29, 1.82) is 0 Å². The van der Waals surface area contributed by atoms with Gasteiger partial charge in [0.05, 0.1) is 74.8 Å². The minimum absolute atomic E-state index is 0.0502. The molecule has 2 aliphatic carbocycles. The second kappa shape index (κ2) is 24.7. The number of nitrogens with one attached hydrogen (secondary N) is 4. The molecule has 2 aromatic heterocycles. The summed E-state index contributed by atoms with van der Waals surface area (Å²) in [4.78, 5) is 84.3. The first-order valence-corrected chi connectivity index (χ1v) is 25.0. The first-order valence-electron chi connectivity index (χ1n) is 25.0. The molecule has 5 amide bonds. The second-order valence-corrected chi connectivity index (χ2v) is 19.4. The fourth-order valence-electron chi connectivity index (χ4n) is 10.4. The van der Waals surface area contributed by atoms with Crippen LogP contribution in [0.3, 0.4) is 0 Å². The lowest BCUT2D eigenvalue weighted by Crippen LogP contribution is -2.59. The Morgan fingerprint density at radius 2 is 1.62 bits per heavy atom. The Kier molecular flexibility index (Phi) is 18.6. The van der Waals surface area contributed by atoms with Crippen LogP contribution in [0.25, 0.3) is 10.9 Å². The van der Waals surface area contributed by atoms with Gasteiger partial charge in [-0.1, -0.05) is 6.07 Å². The van der Waals surface area contributed by atoms with Crippen LogP contribution >= 0.6 is 0 Å². The van der Waals surface area contributed by atoms with E-state index in [-0.39, 0.29) is 102 Å². The Morgan fingerprint density at radius 3 is 2.32 bits per heavy atom. The van der Waals surface area contributed by atoms with Crippen molar-refractivity contribution in [2.24, 2.45) is 11.8 Å². The Hall–Kier alpha value is -5.51. The summed E-state index contributed by atoms with van der Waals surface area (Å²) in [5.41, 5.74) is 0.323. The molecule has 4 heterocycles. The average molecular weight is 995 g/mol. The number of rotatable bonds is 22. The van der Waals surface area contributed by atoms with Crippen molar-refractivity contribution >= 4 is 46.3 Å². The van der Waals surface area contributed by atoms with E-state index in [2.05, 4.69) is 62.0 Å². The molecule has 2 saturated heterocycles. The number of carbonyl (C=O) groups is 5. The van der Waals surface area contributed by atoms with E-state index in [1.807, 2.05) is 11.0 Å². The topological polar surface area (TPSA) is 210 Å². The maximum absolute atomic E-state index is 14.1. The highest BCUT2D eigenvalue weighted by Gasteiger charge is 2.45. The molecule has 4 aliphatic rings. The highest BCUT2D eigenvalue weighted by Crippen LogP contribution is 2.38. The Balaban J connectivity index is 0.774. The van der Waals surface area contributed by atoms with Gasteiger partial charge in [-0.15, -0.1) is 0 Å². The number of pyridine rings is 1. The molecule has 2 saturated carbocycles. The van der Waals surface area contributed by atoms with Gasteiger partial charge < -0.3 is 50.2 Å². The molecular formula is C50H69F3N10O8. The van der Waals surface area contributed by atoms with Gasteiger partial charge in [0, 0.05) is 74.8 Å². The molecule has 4 fully saturated rings. The third kappa shape index (κ3) is 13.9. The summed E-state index contributed by atoms with van der Waals surface area (Å²) in [5.74, 6) is -1.22. The number of likely N-dealkylation sites (tertiary alicyclic amines) is 2. The molecule has 0 unspecified atom stereocenters. The van der Waals surface area contributed by atoms with E-state index in [9.17, 15) is 37.1 Å². The molecular weight excluding hydrogens is 926 g/mol. The Morgan fingerprint density at radius 1 is 0.887 bits per heavy atom. The number of alkyl halides is 3. The Bertz CT molecular complexity index is 2290.